The van der Waals surface area contributed by atoms with Crippen LogP contribution >= 0.6 is 0 Å². The average molecular weight is 288 g/mol. The first-order valence-corrected chi connectivity index (χ1v) is 7.73. The van der Waals surface area contributed by atoms with Crippen LogP contribution in [-0.2, 0) is 4.79 Å². The van der Waals surface area contributed by atoms with Crippen LogP contribution in [-0.4, -0.2) is 40.4 Å². The van der Waals surface area contributed by atoms with Crippen molar-refractivity contribution in [1.29, 1.82) is 0 Å². The average Bonchev–Trinajstić information content (AvgIpc) is 3.04. The molecule has 3 aliphatic rings. The predicted molar refractivity (Wildman–Crippen MR) is 75.8 cm³/mol. The van der Waals surface area contributed by atoms with E-state index in [-0.39, 0.29) is 11.8 Å². The summed E-state index contributed by atoms with van der Waals surface area (Å²) in [6.07, 6.45) is 3.48. The first-order valence-electron chi connectivity index (χ1n) is 7.73. The van der Waals surface area contributed by atoms with Crippen molar-refractivity contribution in [1.82, 2.24) is 9.80 Å². The molecule has 1 aliphatic carbocycles. The molecule has 1 atom stereocenters. The van der Waals surface area contributed by atoms with Crippen LogP contribution in [0.15, 0.2) is 10.5 Å². The summed E-state index contributed by atoms with van der Waals surface area (Å²) in [4.78, 5) is 28.6. The smallest absolute Gasteiger partial charge is 0.259 e. The van der Waals surface area contributed by atoms with Gasteiger partial charge < -0.3 is 14.2 Å². The molecule has 21 heavy (non-hydrogen) atoms. The molecule has 4 rings (SSSR count). The maximum Gasteiger partial charge on any atom is 0.259 e. The van der Waals surface area contributed by atoms with Gasteiger partial charge in [-0.2, -0.15) is 0 Å². The second kappa shape index (κ2) is 4.12. The Kier molecular flexibility index (Phi) is 2.53. The van der Waals surface area contributed by atoms with E-state index in [0.717, 1.165) is 30.8 Å². The van der Waals surface area contributed by atoms with Crippen LogP contribution in [0.3, 0.4) is 0 Å². The number of carbonyl (C=O) groups excluding carboxylic acids is 2. The van der Waals surface area contributed by atoms with Gasteiger partial charge in [-0.1, -0.05) is 0 Å². The number of hydrogen-bond acceptors (Lipinski definition) is 3. The molecule has 3 heterocycles. The van der Waals surface area contributed by atoms with Crippen LogP contribution in [0, 0.1) is 6.92 Å². The molecule has 2 saturated heterocycles. The molecular weight excluding hydrogens is 268 g/mol. The molecule has 1 aromatic rings. The monoisotopic (exact) mass is 288 g/mol. The van der Waals surface area contributed by atoms with Crippen molar-refractivity contribution in [2.75, 3.05) is 13.1 Å². The predicted octanol–water partition coefficient (Wildman–Crippen LogP) is 2.26. The highest BCUT2D eigenvalue weighted by molar-refractivity contribution is 5.97. The third kappa shape index (κ3) is 1.76. The van der Waals surface area contributed by atoms with Crippen LogP contribution in [0.4, 0.5) is 0 Å². The van der Waals surface area contributed by atoms with Gasteiger partial charge in [0.1, 0.15) is 17.2 Å². The minimum atomic E-state index is -0.444. The van der Waals surface area contributed by atoms with Gasteiger partial charge in [0.25, 0.3) is 5.91 Å². The minimum absolute atomic E-state index is 0.0217. The van der Waals surface area contributed by atoms with Crippen molar-refractivity contribution in [2.24, 2.45) is 0 Å². The topological polar surface area (TPSA) is 53.8 Å². The molecule has 2 aliphatic heterocycles. The normalized spacial score (nSPS) is 28.4. The summed E-state index contributed by atoms with van der Waals surface area (Å²) in [5.41, 5.74) is 0.262. The van der Waals surface area contributed by atoms with E-state index >= 15 is 0 Å². The Labute approximate surface area is 123 Å². The number of furan rings is 1. The molecule has 1 unspecified atom stereocenters. The fourth-order valence-corrected chi connectivity index (χ4v) is 3.78. The van der Waals surface area contributed by atoms with Crippen molar-refractivity contribution in [2.45, 2.75) is 51.1 Å². The molecule has 112 valence electrons. The molecule has 0 spiro atoms. The number of nitrogens with zero attached hydrogens (tertiary/aromatic N) is 2. The molecule has 1 aromatic heterocycles. The lowest BCUT2D eigenvalue weighted by atomic mass is 10.1. The zero-order valence-electron chi connectivity index (χ0n) is 12.5. The Morgan fingerprint density at radius 3 is 2.86 bits per heavy atom. The van der Waals surface area contributed by atoms with Crippen molar-refractivity contribution in [3.63, 3.8) is 0 Å². The van der Waals surface area contributed by atoms with E-state index in [4.69, 9.17) is 4.42 Å². The van der Waals surface area contributed by atoms with Gasteiger partial charge in [0, 0.05) is 25.4 Å². The number of fused-ring (bicyclic) bond motifs is 1. The first kappa shape index (κ1) is 12.9. The van der Waals surface area contributed by atoms with E-state index in [0.29, 0.717) is 31.0 Å². The summed E-state index contributed by atoms with van der Waals surface area (Å²) < 4.78 is 5.76. The Morgan fingerprint density at radius 2 is 2.14 bits per heavy atom. The van der Waals surface area contributed by atoms with Gasteiger partial charge in [0.2, 0.25) is 5.91 Å². The number of amides is 2. The van der Waals surface area contributed by atoms with E-state index in [1.807, 2.05) is 29.7 Å². The molecule has 3 fully saturated rings. The fraction of sp³-hybridized carbons (Fsp3) is 0.625. The number of rotatable bonds is 2. The third-order valence-electron chi connectivity index (χ3n) is 5.13. The van der Waals surface area contributed by atoms with Crippen LogP contribution in [0.25, 0.3) is 0 Å². The Hall–Kier alpha value is -1.78. The largest absolute Gasteiger partial charge is 0.465 e. The van der Waals surface area contributed by atoms with E-state index in [1.165, 1.54) is 0 Å². The fourth-order valence-electron chi connectivity index (χ4n) is 3.78. The Bertz CT molecular complexity index is 631. The lowest BCUT2D eigenvalue weighted by molar-refractivity contribution is -0.130. The van der Waals surface area contributed by atoms with E-state index in [9.17, 15) is 9.59 Å². The lowest BCUT2D eigenvalue weighted by Crippen LogP contribution is -2.50. The molecule has 0 N–H and O–H groups in total. The number of hydrogen-bond donors (Lipinski definition) is 0. The highest BCUT2D eigenvalue weighted by Gasteiger charge is 2.52. The Morgan fingerprint density at radius 1 is 1.38 bits per heavy atom. The number of aryl methyl sites for hydroxylation is 1. The zero-order valence-corrected chi connectivity index (χ0v) is 12.5. The summed E-state index contributed by atoms with van der Waals surface area (Å²) >= 11 is 0. The summed E-state index contributed by atoms with van der Waals surface area (Å²) in [7, 11) is 0. The summed E-state index contributed by atoms with van der Waals surface area (Å²) in [5, 5.41) is 0. The quantitative estimate of drug-likeness (QED) is 0.838. The van der Waals surface area contributed by atoms with Crippen molar-refractivity contribution < 1.29 is 14.0 Å². The van der Waals surface area contributed by atoms with Gasteiger partial charge in [0.05, 0.1) is 5.56 Å². The van der Waals surface area contributed by atoms with Crippen LogP contribution < -0.4 is 0 Å². The van der Waals surface area contributed by atoms with Gasteiger partial charge >= 0.3 is 0 Å². The molecule has 0 bridgehead atoms. The zero-order chi connectivity index (χ0) is 14.8. The molecule has 2 amide bonds. The molecule has 0 aromatic carbocycles. The highest BCUT2D eigenvalue weighted by atomic mass is 16.3. The van der Waals surface area contributed by atoms with E-state index < -0.39 is 5.66 Å². The third-order valence-corrected chi connectivity index (χ3v) is 5.13. The van der Waals surface area contributed by atoms with Crippen LogP contribution in [0.5, 0.6) is 0 Å². The molecule has 1 saturated carbocycles. The first-order chi connectivity index (χ1) is 10.0. The van der Waals surface area contributed by atoms with Gasteiger partial charge in [-0.25, -0.2) is 0 Å². The van der Waals surface area contributed by atoms with Crippen LogP contribution in [0.1, 0.15) is 60.4 Å². The molecule has 5 heteroatoms. The lowest BCUT2D eigenvalue weighted by Gasteiger charge is -2.35. The van der Waals surface area contributed by atoms with Crippen molar-refractivity contribution in [3.8, 4) is 0 Å². The van der Waals surface area contributed by atoms with Gasteiger partial charge in [-0.3, -0.25) is 9.59 Å². The highest BCUT2D eigenvalue weighted by Crippen LogP contribution is 2.44. The SMILES string of the molecule is Cc1cc(C(=O)N2CCN3C(=O)CCC32C)c(C2CC2)o1. The maximum absolute atomic E-state index is 13.0. The second-order valence-corrected chi connectivity index (χ2v) is 6.63. The summed E-state index contributed by atoms with van der Waals surface area (Å²) in [6, 6.07) is 1.86. The Balaban J connectivity index is 1.68. The minimum Gasteiger partial charge on any atom is -0.465 e. The number of carbonyl (C=O) groups is 2. The van der Waals surface area contributed by atoms with E-state index in [2.05, 4.69) is 0 Å². The van der Waals surface area contributed by atoms with Gasteiger partial charge in [-0.15, -0.1) is 0 Å². The van der Waals surface area contributed by atoms with Gasteiger partial charge in [0.15, 0.2) is 0 Å². The molecule has 5 nitrogen and oxygen atoms in total. The second-order valence-electron chi connectivity index (χ2n) is 6.63. The summed E-state index contributed by atoms with van der Waals surface area (Å²) in [5.74, 6) is 2.24. The summed E-state index contributed by atoms with van der Waals surface area (Å²) in [6.45, 7) is 5.17. The van der Waals surface area contributed by atoms with E-state index in [1.54, 1.807) is 0 Å². The standard InChI is InChI=1S/C16H20N2O3/c1-10-9-12(14(21-10)11-3-4-11)15(20)18-8-7-17-13(19)5-6-16(17,18)2/h9,11H,3-8H2,1-2H3. The van der Waals surface area contributed by atoms with Crippen molar-refractivity contribution >= 4 is 11.8 Å². The van der Waals surface area contributed by atoms with Crippen LogP contribution in [0.2, 0.25) is 0 Å². The van der Waals surface area contributed by atoms with Gasteiger partial charge in [-0.05, 0) is 39.2 Å². The maximum atomic E-state index is 13.0. The van der Waals surface area contributed by atoms with Crippen molar-refractivity contribution in [3.05, 3.63) is 23.2 Å². The molecule has 0 radical (unpaired) electrons. The molecular formula is C16H20N2O3.